The first kappa shape index (κ1) is 81.9. The first-order valence-corrected chi connectivity index (χ1v) is 34.1. The van der Waals surface area contributed by atoms with E-state index in [0.29, 0.717) is 43.1 Å². The van der Waals surface area contributed by atoms with Crippen molar-refractivity contribution in [1.29, 1.82) is 0 Å². The van der Waals surface area contributed by atoms with Crippen LogP contribution >= 0.6 is 0 Å². The fourth-order valence-corrected chi connectivity index (χ4v) is 11.5. The van der Waals surface area contributed by atoms with Gasteiger partial charge >= 0.3 is 35.9 Å². The van der Waals surface area contributed by atoms with Crippen LogP contribution in [0.25, 0.3) is 0 Å². The Hall–Kier alpha value is -7.79. The molecular weight excluding hydrogens is 1280 g/mol. The van der Waals surface area contributed by atoms with Crippen LogP contribution in [0.1, 0.15) is 188 Å². The molecular formula is C76H108F2N4O17. The lowest BCUT2D eigenvalue weighted by Crippen LogP contribution is -2.53. The third-order valence-electron chi connectivity index (χ3n) is 17.0. The van der Waals surface area contributed by atoms with Crippen LogP contribution in [0.4, 0.5) is 13.6 Å². The van der Waals surface area contributed by atoms with Gasteiger partial charge in [-0.15, -0.1) is 0 Å². The van der Waals surface area contributed by atoms with E-state index in [-0.39, 0.29) is 37.7 Å². The van der Waals surface area contributed by atoms with Crippen LogP contribution in [0, 0.1) is 10.8 Å². The molecule has 2 saturated heterocycles. The fraction of sp³-hybridized carbons (Fsp3) is 0.618. The third kappa shape index (κ3) is 26.7. The third-order valence-corrected chi connectivity index (χ3v) is 17.0. The molecule has 5 rings (SSSR count). The number of esters is 5. The number of halogens is 2. The summed E-state index contributed by atoms with van der Waals surface area (Å²) in [6, 6.07) is 19.0. The maximum Gasteiger partial charge on any atom is 0.410 e. The summed E-state index contributed by atoms with van der Waals surface area (Å²) in [6.07, 6.45) is -4.68. The molecule has 2 aliphatic rings. The number of hydrogen-bond acceptors (Lipinski definition) is 17. The minimum atomic E-state index is -2.18. The van der Waals surface area contributed by atoms with Gasteiger partial charge in [0, 0.05) is 80.3 Å². The highest BCUT2D eigenvalue weighted by atomic mass is 19.1. The van der Waals surface area contributed by atoms with E-state index in [1.54, 1.807) is 90.1 Å². The van der Waals surface area contributed by atoms with Gasteiger partial charge in [0.05, 0.1) is 0 Å². The number of hydrogen-bond donors (Lipinski definition) is 0. The average molecular weight is 1390 g/mol. The highest BCUT2D eigenvalue weighted by Crippen LogP contribution is 2.33. The molecule has 0 unspecified atom stereocenters. The smallest absolute Gasteiger partial charge is 0.410 e. The number of nitrogens with zero attached hydrogens (tertiary/aromatic N) is 4. The Morgan fingerprint density at radius 3 is 1.33 bits per heavy atom. The van der Waals surface area contributed by atoms with Crippen LogP contribution in [-0.2, 0) is 95.7 Å². The van der Waals surface area contributed by atoms with Gasteiger partial charge in [-0.05, 0) is 151 Å². The van der Waals surface area contributed by atoms with E-state index in [9.17, 15) is 33.6 Å². The molecule has 2 heterocycles. The van der Waals surface area contributed by atoms with Crippen LogP contribution in [0.2, 0.25) is 0 Å². The Labute approximate surface area is 584 Å². The Balaban J connectivity index is 1.47. The van der Waals surface area contributed by atoms with Crippen molar-refractivity contribution in [2.45, 2.75) is 240 Å². The standard InChI is InChI=1S/C76H108F2N4O17/c1-48(95-67(87)57(43-72(3,4)5)80(17)65(85)62(42-51-27-31-54(32-28-51)56-35-39-93-40-36-56)98-70(90)60(46-76(14,15)78)82(19)71(91)99-74(9,10)11)63(83)79(16)59(45-75(12,13)77)69(89)97-61(41-50-25-29-53(30-26-50)55-33-37-92-38-34-55)64(84)81(18)58(44-73(6,7)8)68(88)96-49(2)66(86)94-47-52-23-21-20-22-24-52/h20-32,43,48-49,55-56,58-62H,33-42,44-47H2,1-19H3/b57-43+/t48-,49-,58+,59+,60+,61-,62-/m1/s1. The highest BCUT2D eigenvalue weighted by molar-refractivity contribution is 5.98. The molecule has 0 saturated carbocycles. The Morgan fingerprint density at radius 1 is 0.495 bits per heavy atom. The van der Waals surface area contributed by atoms with Crippen molar-refractivity contribution in [2.75, 3.05) is 54.6 Å². The normalized spacial score (nSPS) is 16.6. The number of carbonyl (C=O) groups is 9. The van der Waals surface area contributed by atoms with E-state index in [0.717, 1.165) is 56.4 Å². The van der Waals surface area contributed by atoms with E-state index in [4.69, 9.17) is 37.9 Å². The van der Waals surface area contributed by atoms with Crippen molar-refractivity contribution in [3.63, 3.8) is 0 Å². The van der Waals surface area contributed by atoms with Gasteiger partial charge < -0.3 is 52.6 Å². The molecule has 23 heteroatoms. The van der Waals surface area contributed by atoms with Crippen molar-refractivity contribution in [1.82, 2.24) is 19.6 Å². The van der Waals surface area contributed by atoms with E-state index < -0.39 is 143 Å². The molecule has 0 radical (unpaired) electrons. The Bertz CT molecular complexity index is 3240. The topological polar surface area (TPSA) is 240 Å². The lowest BCUT2D eigenvalue weighted by atomic mass is 9.87. The lowest BCUT2D eigenvalue weighted by molar-refractivity contribution is -0.175. The number of allylic oxidation sites excluding steroid dienone is 1. The minimum Gasteiger partial charge on any atom is -0.458 e. The summed E-state index contributed by atoms with van der Waals surface area (Å²) in [5, 5.41) is 0. The van der Waals surface area contributed by atoms with Gasteiger partial charge in [0.2, 0.25) is 0 Å². The van der Waals surface area contributed by atoms with Gasteiger partial charge in [-0.1, -0.05) is 120 Å². The first-order chi connectivity index (χ1) is 45.9. The quantitative estimate of drug-likeness (QED) is 0.0356. The monoisotopic (exact) mass is 1390 g/mol. The minimum absolute atomic E-state index is 0.0129. The molecule has 21 nitrogen and oxygen atoms in total. The van der Waals surface area contributed by atoms with E-state index in [1.165, 1.54) is 75.8 Å². The SMILES string of the molecule is C[C@@H](OC(=O)[C@H](CC(C)(C)C)N(C)C(=O)[C@@H](Cc1ccc(C2CCOCC2)cc1)OC(=O)[C@H](CC(C)(C)F)N(C)C(=O)[C@@H](C)OC(=O)/C(=C\C(C)(C)C)N(C)C(=O)[C@@H](Cc1ccc(C2CCOCC2)cc1)OC(=O)[C@H](CC(C)(C)F)N(C)C(=O)OC(C)(C)C)C(=O)OCc1ccccc1. The van der Waals surface area contributed by atoms with Gasteiger partial charge in [-0.3, -0.25) is 19.3 Å². The largest absolute Gasteiger partial charge is 0.458 e. The Kier molecular flexibility index (Phi) is 29.4. The summed E-state index contributed by atoms with van der Waals surface area (Å²) in [4.78, 5) is 134. The summed E-state index contributed by atoms with van der Waals surface area (Å²) >= 11 is 0. The van der Waals surface area contributed by atoms with Gasteiger partial charge in [-0.25, -0.2) is 37.5 Å². The molecule has 7 atom stereocenters. The lowest BCUT2D eigenvalue weighted by Gasteiger charge is -2.35. The summed E-state index contributed by atoms with van der Waals surface area (Å²) in [5.74, 6) is -7.77. The molecule has 0 N–H and O–H groups in total. The average Bonchev–Trinajstić information content (AvgIpc) is 0.823. The van der Waals surface area contributed by atoms with Crippen molar-refractivity contribution in [3.8, 4) is 0 Å². The summed E-state index contributed by atoms with van der Waals surface area (Å²) in [7, 11) is 5.02. The molecule has 548 valence electrons. The maximum atomic E-state index is 16.2. The van der Waals surface area contributed by atoms with Gasteiger partial charge in [0.15, 0.2) is 24.4 Å². The zero-order valence-corrected chi connectivity index (χ0v) is 61.7. The number of benzene rings is 3. The molecule has 99 heavy (non-hydrogen) atoms. The predicted octanol–water partition coefficient (Wildman–Crippen LogP) is 11.7. The van der Waals surface area contributed by atoms with Crippen molar-refractivity contribution < 1.29 is 89.8 Å². The molecule has 0 aromatic heterocycles. The van der Waals surface area contributed by atoms with E-state index in [2.05, 4.69) is 0 Å². The zero-order valence-electron chi connectivity index (χ0n) is 61.7. The molecule has 2 aliphatic heterocycles. The summed E-state index contributed by atoms with van der Waals surface area (Å²) < 4.78 is 77.7. The number of amides is 4. The van der Waals surface area contributed by atoms with Crippen LogP contribution < -0.4 is 0 Å². The number of alkyl halides is 2. The van der Waals surface area contributed by atoms with Crippen LogP contribution in [0.3, 0.4) is 0 Å². The molecule has 0 spiro atoms. The van der Waals surface area contributed by atoms with E-state index in [1.807, 2.05) is 51.1 Å². The second-order valence-corrected chi connectivity index (χ2v) is 30.7. The van der Waals surface area contributed by atoms with Gasteiger partial charge in [0.1, 0.15) is 47.4 Å². The first-order valence-electron chi connectivity index (χ1n) is 34.1. The van der Waals surface area contributed by atoms with Crippen LogP contribution in [0.5, 0.6) is 0 Å². The molecule has 4 amide bonds. The molecule has 2 fully saturated rings. The molecule has 0 bridgehead atoms. The van der Waals surface area contributed by atoms with Crippen molar-refractivity contribution in [2.24, 2.45) is 10.8 Å². The zero-order chi connectivity index (χ0) is 74.1. The fourth-order valence-electron chi connectivity index (χ4n) is 11.5. The second-order valence-electron chi connectivity index (χ2n) is 30.7. The van der Waals surface area contributed by atoms with Crippen molar-refractivity contribution >= 4 is 53.7 Å². The Morgan fingerprint density at radius 2 is 0.909 bits per heavy atom. The molecule has 3 aromatic rings. The number of rotatable bonds is 29. The van der Waals surface area contributed by atoms with Crippen LogP contribution in [-0.4, -0.2) is 187 Å². The predicted molar refractivity (Wildman–Crippen MR) is 368 cm³/mol. The van der Waals surface area contributed by atoms with Crippen molar-refractivity contribution in [3.05, 3.63) is 118 Å². The van der Waals surface area contributed by atoms with Crippen LogP contribution in [0.15, 0.2) is 90.6 Å². The second kappa shape index (κ2) is 35.5. The summed E-state index contributed by atoms with van der Waals surface area (Å²) in [6.45, 7) is 25.2. The van der Waals surface area contributed by atoms with E-state index >= 15 is 18.4 Å². The maximum absolute atomic E-state index is 16.2. The number of likely N-dealkylation sites (N-methyl/N-ethyl adjacent to an activating group) is 4. The summed E-state index contributed by atoms with van der Waals surface area (Å²) in [5.41, 5.74) is -3.28. The van der Waals surface area contributed by atoms with Gasteiger partial charge in [0.25, 0.3) is 17.7 Å². The number of ether oxygens (including phenoxy) is 8. The molecule has 3 aromatic carbocycles. The van der Waals surface area contributed by atoms with Gasteiger partial charge in [-0.2, -0.15) is 0 Å². The molecule has 0 aliphatic carbocycles. The number of carbonyl (C=O) groups excluding carboxylic acids is 9. The highest BCUT2D eigenvalue weighted by Gasteiger charge is 2.44.